The predicted octanol–water partition coefficient (Wildman–Crippen LogP) is 3.71. The van der Waals surface area contributed by atoms with Crippen LogP contribution in [0.4, 0.5) is 0 Å². The number of nitrogens with one attached hydrogen (secondary N) is 1. The molecular weight excluding hydrogens is 232 g/mol. The normalized spacial score (nSPS) is 13.2. The minimum atomic E-state index is 0.0142. The molecule has 1 N–H and O–H groups in total. The van der Waals surface area contributed by atoms with Gasteiger partial charge in [-0.1, -0.05) is 57.2 Å². The molecule has 19 heavy (non-hydrogen) atoms. The van der Waals surface area contributed by atoms with Crippen LogP contribution in [0.5, 0.6) is 0 Å². The van der Waals surface area contributed by atoms with Crippen molar-refractivity contribution in [3.05, 3.63) is 66.0 Å². The minimum Gasteiger partial charge on any atom is -0.309 e. The first kappa shape index (κ1) is 13.8. The molecule has 0 bridgehead atoms. The molecule has 0 aliphatic carbocycles. The zero-order valence-electron chi connectivity index (χ0n) is 11.9. The van der Waals surface area contributed by atoms with Crippen molar-refractivity contribution < 1.29 is 0 Å². The Morgan fingerprint density at radius 1 is 1.11 bits per heavy atom. The summed E-state index contributed by atoms with van der Waals surface area (Å²) >= 11 is 0. The highest BCUT2D eigenvalue weighted by Crippen LogP contribution is 2.36. The molecule has 1 aromatic carbocycles. The number of likely N-dealkylation sites (N-methyl/N-ethyl adjacent to an activating group) is 1. The molecule has 2 rings (SSSR count). The topological polar surface area (TPSA) is 24.9 Å². The van der Waals surface area contributed by atoms with Crippen molar-refractivity contribution in [2.45, 2.75) is 32.2 Å². The van der Waals surface area contributed by atoms with E-state index >= 15 is 0 Å². The van der Waals surface area contributed by atoms with E-state index < -0.39 is 0 Å². The highest BCUT2D eigenvalue weighted by atomic mass is 14.9. The fourth-order valence-electron chi connectivity index (χ4n) is 2.57. The van der Waals surface area contributed by atoms with Gasteiger partial charge in [0.2, 0.25) is 0 Å². The quantitative estimate of drug-likeness (QED) is 0.880. The lowest BCUT2D eigenvalue weighted by Gasteiger charge is -2.35. The van der Waals surface area contributed by atoms with Gasteiger partial charge in [0, 0.05) is 23.9 Å². The van der Waals surface area contributed by atoms with Gasteiger partial charge in [-0.15, -0.1) is 0 Å². The Labute approximate surface area is 115 Å². The average molecular weight is 254 g/mol. The average Bonchev–Trinajstić information content (AvgIpc) is 2.46. The van der Waals surface area contributed by atoms with Gasteiger partial charge in [0.1, 0.15) is 0 Å². The lowest BCUT2D eigenvalue weighted by atomic mass is 9.75. The summed E-state index contributed by atoms with van der Waals surface area (Å²) in [5, 5.41) is 3.60. The summed E-state index contributed by atoms with van der Waals surface area (Å²) in [6, 6.07) is 15.1. The summed E-state index contributed by atoms with van der Waals surface area (Å²) in [6.07, 6.45) is 3.78. The van der Waals surface area contributed by atoms with Gasteiger partial charge >= 0.3 is 0 Å². The van der Waals surface area contributed by atoms with Crippen LogP contribution in [-0.4, -0.2) is 11.5 Å². The maximum absolute atomic E-state index is 4.26. The number of hydrogen-bond acceptors (Lipinski definition) is 2. The van der Waals surface area contributed by atoms with E-state index in [0.717, 1.165) is 6.54 Å². The fourth-order valence-corrected chi connectivity index (χ4v) is 2.57. The van der Waals surface area contributed by atoms with Crippen molar-refractivity contribution >= 4 is 0 Å². The monoisotopic (exact) mass is 254 g/mol. The largest absolute Gasteiger partial charge is 0.309 e. The van der Waals surface area contributed by atoms with Crippen molar-refractivity contribution in [3.8, 4) is 0 Å². The van der Waals surface area contributed by atoms with Gasteiger partial charge in [0.15, 0.2) is 0 Å². The van der Waals surface area contributed by atoms with Crippen LogP contribution in [0.15, 0.2) is 54.9 Å². The van der Waals surface area contributed by atoms with Crippen LogP contribution < -0.4 is 5.32 Å². The molecule has 0 radical (unpaired) electrons. The van der Waals surface area contributed by atoms with Crippen LogP contribution >= 0.6 is 0 Å². The lowest BCUT2D eigenvalue weighted by Crippen LogP contribution is -2.37. The second kappa shape index (κ2) is 5.98. The fraction of sp³-hybridized carbons (Fsp3) is 0.353. The highest BCUT2D eigenvalue weighted by molar-refractivity contribution is 5.30. The third-order valence-electron chi connectivity index (χ3n) is 3.67. The molecule has 0 spiro atoms. The van der Waals surface area contributed by atoms with Crippen molar-refractivity contribution in [3.63, 3.8) is 0 Å². The zero-order valence-corrected chi connectivity index (χ0v) is 11.9. The predicted molar refractivity (Wildman–Crippen MR) is 80.1 cm³/mol. The van der Waals surface area contributed by atoms with Crippen molar-refractivity contribution in [2.24, 2.45) is 0 Å². The Balaban J connectivity index is 2.39. The third kappa shape index (κ3) is 3.02. The van der Waals surface area contributed by atoms with E-state index in [0.29, 0.717) is 0 Å². The third-order valence-corrected chi connectivity index (χ3v) is 3.67. The molecule has 0 aliphatic rings. The second-order valence-corrected chi connectivity index (χ2v) is 5.36. The molecule has 0 amide bonds. The van der Waals surface area contributed by atoms with Crippen LogP contribution in [0.3, 0.4) is 0 Å². The second-order valence-electron chi connectivity index (χ2n) is 5.36. The first-order valence-corrected chi connectivity index (χ1v) is 6.85. The molecule has 0 saturated heterocycles. The van der Waals surface area contributed by atoms with Gasteiger partial charge in [-0.2, -0.15) is 0 Å². The summed E-state index contributed by atoms with van der Waals surface area (Å²) < 4.78 is 0. The van der Waals surface area contributed by atoms with Crippen LogP contribution in [0, 0.1) is 0 Å². The van der Waals surface area contributed by atoms with E-state index in [-0.39, 0.29) is 11.5 Å². The van der Waals surface area contributed by atoms with Crippen molar-refractivity contribution in [1.29, 1.82) is 0 Å². The molecule has 1 aromatic heterocycles. The number of nitrogens with zero attached hydrogens (tertiary/aromatic N) is 1. The number of hydrogen-bond donors (Lipinski definition) is 1. The molecule has 1 atom stereocenters. The molecular formula is C17H22N2. The van der Waals surface area contributed by atoms with E-state index in [4.69, 9.17) is 0 Å². The Bertz CT molecular complexity index is 491. The first-order valence-electron chi connectivity index (χ1n) is 6.85. The standard InChI is InChI=1S/C17H22N2/c1-4-19-16(14-9-8-12-18-13-14)17(2,3)15-10-6-5-7-11-15/h5-13,16,19H,4H2,1-3H3. The maximum Gasteiger partial charge on any atom is 0.0428 e. The van der Waals surface area contributed by atoms with Crippen molar-refractivity contribution in [1.82, 2.24) is 10.3 Å². The Morgan fingerprint density at radius 2 is 1.84 bits per heavy atom. The maximum atomic E-state index is 4.26. The summed E-state index contributed by atoms with van der Waals surface area (Å²) in [7, 11) is 0. The molecule has 100 valence electrons. The van der Waals surface area contributed by atoms with E-state index in [1.807, 2.05) is 18.5 Å². The number of rotatable bonds is 5. The first-order chi connectivity index (χ1) is 9.16. The highest BCUT2D eigenvalue weighted by Gasteiger charge is 2.31. The SMILES string of the molecule is CCNC(c1cccnc1)C(C)(C)c1ccccc1. The minimum absolute atomic E-state index is 0.0142. The van der Waals surface area contributed by atoms with Crippen LogP contribution in [-0.2, 0) is 5.41 Å². The van der Waals surface area contributed by atoms with Crippen LogP contribution in [0.2, 0.25) is 0 Å². The molecule has 2 nitrogen and oxygen atoms in total. The van der Waals surface area contributed by atoms with E-state index in [1.165, 1.54) is 11.1 Å². The molecule has 0 fully saturated rings. The van der Waals surface area contributed by atoms with Crippen molar-refractivity contribution in [2.75, 3.05) is 6.54 Å². The van der Waals surface area contributed by atoms with Gasteiger partial charge in [-0.05, 0) is 23.7 Å². The van der Waals surface area contributed by atoms with Gasteiger partial charge in [-0.3, -0.25) is 4.98 Å². The van der Waals surface area contributed by atoms with E-state index in [2.05, 4.69) is 67.5 Å². The van der Waals surface area contributed by atoms with Gasteiger partial charge < -0.3 is 5.32 Å². The molecule has 1 unspecified atom stereocenters. The summed E-state index contributed by atoms with van der Waals surface area (Å²) in [6.45, 7) is 7.64. The van der Waals surface area contributed by atoms with Gasteiger partial charge in [0.05, 0.1) is 0 Å². The molecule has 2 aromatic rings. The Morgan fingerprint density at radius 3 is 2.42 bits per heavy atom. The number of pyridine rings is 1. The molecule has 2 heteroatoms. The molecule has 0 saturated carbocycles. The summed E-state index contributed by atoms with van der Waals surface area (Å²) in [4.78, 5) is 4.26. The lowest BCUT2D eigenvalue weighted by molar-refractivity contribution is 0.353. The number of benzene rings is 1. The molecule has 0 aliphatic heterocycles. The number of aromatic nitrogens is 1. The zero-order chi connectivity index (χ0) is 13.7. The van der Waals surface area contributed by atoms with E-state index in [1.54, 1.807) is 0 Å². The smallest absolute Gasteiger partial charge is 0.0428 e. The van der Waals surface area contributed by atoms with Crippen LogP contribution in [0.25, 0.3) is 0 Å². The molecule has 1 heterocycles. The summed E-state index contributed by atoms with van der Waals surface area (Å²) in [5.41, 5.74) is 2.59. The van der Waals surface area contributed by atoms with Gasteiger partial charge in [-0.25, -0.2) is 0 Å². The summed E-state index contributed by atoms with van der Waals surface area (Å²) in [5.74, 6) is 0. The Hall–Kier alpha value is -1.67. The van der Waals surface area contributed by atoms with Gasteiger partial charge in [0.25, 0.3) is 0 Å². The Kier molecular flexibility index (Phi) is 4.33. The van der Waals surface area contributed by atoms with E-state index in [9.17, 15) is 0 Å². The van der Waals surface area contributed by atoms with Crippen LogP contribution in [0.1, 0.15) is 37.9 Å².